The molecule has 0 saturated heterocycles. The van der Waals surface area contributed by atoms with Crippen LogP contribution in [0, 0.1) is 0 Å². The number of amides is 1. The van der Waals surface area contributed by atoms with Crippen LogP contribution in [0.25, 0.3) is 0 Å². The van der Waals surface area contributed by atoms with Gasteiger partial charge in [-0.1, -0.05) is 30.3 Å². The van der Waals surface area contributed by atoms with Crippen molar-refractivity contribution in [3.63, 3.8) is 0 Å². The van der Waals surface area contributed by atoms with E-state index in [9.17, 15) is 9.59 Å². The van der Waals surface area contributed by atoms with Crippen molar-refractivity contribution in [1.82, 2.24) is 4.90 Å². The van der Waals surface area contributed by atoms with Crippen molar-refractivity contribution in [3.8, 4) is 0 Å². The van der Waals surface area contributed by atoms with Crippen LogP contribution < -0.4 is 0 Å². The number of hydrogen-bond donors (Lipinski definition) is 0. The Labute approximate surface area is 138 Å². The Balaban J connectivity index is 2.82. The van der Waals surface area contributed by atoms with Gasteiger partial charge in [0.15, 0.2) is 0 Å². The highest BCUT2D eigenvalue weighted by Gasteiger charge is 2.26. The number of carbonyl (C=O) groups is 2. The van der Waals surface area contributed by atoms with E-state index in [1.165, 1.54) is 7.11 Å². The van der Waals surface area contributed by atoms with Crippen LogP contribution in [0.5, 0.6) is 0 Å². The quantitative estimate of drug-likeness (QED) is 0.749. The van der Waals surface area contributed by atoms with E-state index in [2.05, 4.69) is 4.74 Å². The summed E-state index contributed by atoms with van der Waals surface area (Å²) >= 11 is 0. The molecule has 1 amide bonds. The molecule has 1 aromatic rings. The Bertz CT molecular complexity index is 508. The van der Waals surface area contributed by atoms with E-state index in [1.54, 1.807) is 4.90 Å². The Morgan fingerprint density at radius 2 is 1.78 bits per heavy atom. The largest absolute Gasteiger partial charge is 0.469 e. The smallest absolute Gasteiger partial charge is 0.410 e. The molecule has 0 bridgehead atoms. The molecule has 0 aliphatic heterocycles. The monoisotopic (exact) mass is 321 g/mol. The number of benzene rings is 1. The van der Waals surface area contributed by atoms with E-state index >= 15 is 0 Å². The van der Waals surface area contributed by atoms with Crippen LogP contribution in [0.3, 0.4) is 0 Å². The number of esters is 1. The lowest BCUT2D eigenvalue weighted by Crippen LogP contribution is -2.42. The zero-order chi connectivity index (χ0) is 17.5. The standard InChI is InChI=1S/C18H27NO4/c1-14(11-12-16(20)22-5)19(17(21)23-18(2,3)4)13-15-9-7-6-8-10-15/h6-10,14H,11-13H2,1-5H3. The minimum atomic E-state index is -0.561. The molecule has 1 aromatic carbocycles. The fraction of sp³-hybridized carbons (Fsp3) is 0.556. The fourth-order valence-corrected chi connectivity index (χ4v) is 2.09. The van der Waals surface area contributed by atoms with E-state index in [0.29, 0.717) is 13.0 Å². The molecular weight excluding hydrogens is 294 g/mol. The molecule has 0 aromatic heterocycles. The molecule has 5 heteroatoms. The SMILES string of the molecule is COC(=O)CCC(C)N(Cc1ccccc1)C(=O)OC(C)(C)C. The Hall–Kier alpha value is -2.04. The molecule has 0 N–H and O–H groups in total. The highest BCUT2D eigenvalue weighted by atomic mass is 16.6. The van der Waals surface area contributed by atoms with Crippen LogP contribution in [0.1, 0.15) is 46.1 Å². The summed E-state index contributed by atoms with van der Waals surface area (Å²) in [5, 5.41) is 0. The molecular formula is C18H27NO4. The van der Waals surface area contributed by atoms with E-state index < -0.39 is 5.60 Å². The van der Waals surface area contributed by atoms with Gasteiger partial charge in [-0.25, -0.2) is 4.79 Å². The zero-order valence-corrected chi connectivity index (χ0v) is 14.7. The molecule has 0 radical (unpaired) electrons. The third-order valence-electron chi connectivity index (χ3n) is 3.35. The van der Waals surface area contributed by atoms with Crippen molar-refractivity contribution < 1.29 is 19.1 Å². The molecule has 0 aliphatic rings. The van der Waals surface area contributed by atoms with Gasteiger partial charge >= 0.3 is 12.1 Å². The number of methoxy groups -OCH3 is 1. The molecule has 1 atom stereocenters. The van der Waals surface area contributed by atoms with Gasteiger partial charge in [0.1, 0.15) is 5.60 Å². The fourth-order valence-electron chi connectivity index (χ4n) is 2.09. The number of carbonyl (C=O) groups excluding carboxylic acids is 2. The highest BCUT2D eigenvalue weighted by Crippen LogP contribution is 2.17. The topological polar surface area (TPSA) is 55.8 Å². The summed E-state index contributed by atoms with van der Waals surface area (Å²) in [5.74, 6) is -0.277. The maximum absolute atomic E-state index is 12.5. The second-order valence-electron chi connectivity index (χ2n) is 6.56. The Morgan fingerprint density at radius 1 is 1.17 bits per heavy atom. The van der Waals surface area contributed by atoms with Gasteiger partial charge in [0.05, 0.1) is 7.11 Å². The van der Waals surface area contributed by atoms with Crippen molar-refractivity contribution in [2.24, 2.45) is 0 Å². The molecule has 128 valence electrons. The summed E-state index contributed by atoms with van der Waals surface area (Å²) in [6.45, 7) is 7.87. The van der Waals surface area contributed by atoms with Gasteiger partial charge in [0.2, 0.25) is 0 Å². The average molecular weight is 321 g/mol. The second kappa shape index (κ2) is 8.56. The minimum Gasteiger partial charge on any atom is -0.469 e. The first kappa shape index (κ1) is 19.0. The van der Waals surface area contributed by atoms with Gasteiger partial charge in [-0.2, -0.15) is 0 Å². The normalized spacial score (nSPS) is 12.4. The highest BCUT2D eigenvalue weighted by molar-refractivity contribution is 5.70. The van der Waals surface area contributed by atoms with Gasteiger partial charge in [0, 0.05) is 19.0 Å². The van der Waals surface area contributed by atoms with Gasteiger partial charge in [-0.05, 0) is 39.7 Å². The minimum absolute atomic E-state index is 0.135. The first-order valence-electron chi connectivity index (χ1n) is 7.83. The van der Waals surface area contributed by atoms with Crippen LogP contribution in [-0.2, 0) is 20.8 Å². The summed E-state index contributed by atoms with van der Waals surface area (Å²) in [7, 11) is 1.36. The summed E-state index contributed by atoms with van der Waals surface area (Å²) in [5.41, 5.74) is 0.456. The van der Waals surface area contributed by atoms with Gasteiger partial charge in [-0.3, -0.25) is 4.79 Å². The predicted molar refractivity (Wildman–Crippen MR) is 88.9 cm³/mol. The number of rotatable bonds is 6. The van der Waals surface area contributed by atoms with Crippen LogP contribution in [0.4, 0.5) is 4.79 Å². The van der Waals surface area contributed by atoms with Crippen molar-refractivity contribution in [1.29, 1.82) is 0 Å². The predicted octanol–water partition coefficient (Wildman–Crippen LogP) is 3.77. The van der Waals surface area contributed by atoms with Gasteiger partial charge in [0.25, 0.3) is 0 Å². The summed E-state index contributed by atoms with van der Waals surface area (Å²) in [4.78, 5) is 25.5. The van der Waals surface area contributed by atoms with Crippen molar-refractivity contribution in [2.45, 2.75) is 58.7 Å². The lowest BCUT2D eigenvalue weighted by Gasteiger charge is -2.31. The molecule has 1 unspecified atom stereocenters. The number of nitrogens with zero attached hydrogens (tertiary/aromatic N) is 1. The number of ether oxygens (including phenoxy) is 2. The maximum Gasteiger partial charge on any atom is 0.410 e. The van der Waals surface area contributed by atoms with Gasteiger partial charge < -0.3 is 14.4 Å². The van der Waals surface area contributed by atoms with Crippen LogP contribution >= 0.6 is 0 Å². The van der Waals surface area contributed by atoms with Crippen molar-refractivity contribution in [3.05, 3.63) is 35.9 Å². The molecule has 0 spiro atoms. The van der Waals surface area contributed by atoms with E-state index in [-0.39, 0.29) is 24.5 Å². The second-order valence-corrected chi connectivity index (χ2v) is 6.56. The lowest BCUT2D eigenvalue weighted by atomic mass is 10.1. The Morgan fingerprint density at radius 3 is 2.30 bits per heavy atom. The Kier molecular flexibility index (Phi) is 7.07. The molecule has 1 rings (SSSR count). The van der Waals surface area contributed by atoms with Crippen LogP contribution in [0.15, 0.2) is 30.3 Å². The first-order chi connectivity index (χ1) is 10.7. The van der Waals surface area contributed by atoms with Crippen LogP contribution in [0.2, 0.25) is 0 Å². The van der Waals surface area contributed by atoms with Crippen molar-refractivity contribution in [2.75, 3.05) is 7.11 Å². The molecule has 0 aliphatic carbocycles. The molecule has 0 saturated carbocycles. The molecule has 5 nitrogen and oxygen atoms in total. The third-order valence-corrected chi connectivity index (χ3v) is 3.35. The molecule has 0 heterocycles. The summed E-state index contributed by atoms with van der Waals surface area (Å²) < 4.78 is 10.2. The van der Waals surface area contributed by atoms with E-state index in [0.717, 1.165) is 5.56 Å². The zero-order valence-electron chi connectivity index (χ0n) is 14.7. The molecule has 0 fully saturated rings. The average Bonchev–Trinajstić information content (AvgIpc) is 2.49. The van der Waals surface area contributed by atoms with Gasteiger partial charge in [-0.15, -0.1) is 0 Å². The van der Waals surface area contributed by atoms with E-state index in [1.807, 2.05) is 58.0 Å². The lowest BCUT2D eigenvalue weighted by molar-refractivity contribution is -0.141. The third kappa shape index (κ3) is 7.17. The first-order valence-corrected chi connectivity index (χ1v) is 7.83. The van der Waals surface area contributed by atoms with Crippen LogP contribution in [-0.4, -0.2) is 35.7 Å². The molecule has 23 heavy (non-hydrogen) atoms. The summed E-state index contributed by atoms with van der Waals surface area (Å²) in [6.07, 6.45) is 0.420. The maximum atomic E-state index is 12.5. The number of hydrogen-bond acceptors (Lipinski definition) is 4. The van der Waals surface area contributed by atoms with E-state index in [4.69, 9.17) is 4.74 Å². The van der Waals surface area contributed by atoms with Crippen molar-refractivity contribution >= 4 is 12.1 Å². The summed E-state index contributed by atoms with van der Waals surface area (Å²) in [6, 6.07) is 9.59.